The summed E-state index contributed by atoms with van der Waals surface area (Å²) in [7, 11) is 0. The Morgan fingerprint density at radius 2 is 2.00 bits per heavy atom. The van der Waals surface area contributed by atoms with Gasteiger partial charge in [0.15, 0.2) is 0 Å². The second kappa shape index (κ2) is 5.47. The summed E-state index contributed by atoms with van der Waals surface area (Å²) < 4.78 is 28.8. The number of rotatable bonds is 4. The number of ether oxygens (including phenoxy) is 1. The molecular formula is C8H15F2NO2. The lowest BCUT2D eigenvalue weighted by Gasteiger charge is -2.24. The minimum absolute atomic E-state index is 0.0394. The Balaban J connectivity index is 2.10. The molecule has 2 N–H and O–H groups in total. The quantitative estimate of drug-likeness (QED) is 0.681. The maximum absolute atomic E-state index is 11.9. The second-order valence-corrected chi connectivity index (χ2v) is 3.20. The molecule has 1 unspecified atom stereocenters. The zero-order chi connectivity index (χ0) is 9.68. The molecule has 1 rings (SSSR count). The van der Waals surface area contributed by atoms with Crippen LogP contribution < -0.4 is 5.32 Å². The molecule has 3 nitrogen and oxygen atoms in total. The highest BCUT2D eigenvalue weighted by molar-refractivity contribution is 4.72. The summed E-state index contributed by atoms with van der Waals surface area (Å²) in [6, 6.07) is 0.210. The molecule has 78 valence electrons. The van der Waals surface area contributed by atoms with Gasteiger partial charge in [-0.3, -0.25) is 0 Å². The Labute approximate surface area is 76.1 Å². The number of aliphatic hydroxyl groups is 1. The van der Waals surface area contributed by atoms with Crippen LogP contribution in [-0.4, -0.2) is 43.4 Å². The van der Waals surface area contributed by atoms with Crippen molar-refractivity contribution in [3.05, 3.63) is 0 Å². The maximum atomic E-state index is 11.9. The van der Waals surface area contributed by atoms with E-state index in [9.17, 15) is 8.78 Å². The first kappa shape index (κ1) is 10.8. The molecular weight excluding hydrogens is 180 g/mol. The van der Waals surface area contributed by atoms with E-state index in [1.807, 2.05) is 0 Å². The van der Waals surface area contributed by atoms with Crippen LogP contribution in [0.2, 0.25) is 0 Å². The summed E-state index contributed by atoms with van der Waals surface area (Å²) in [6.07, 6.45) is -2.55. The third kappa shape index (κ3) is 3.97. The molecule has 0 aromatic heterocycles. The van der Waals surface area contributed by atoms with Crippen LogP contribution in [0.4, 0.5) is 8.78 Å². The van der Waals surface area contributed by atoms with Gasteiger partial charge in [0.05, 0.1) is 0 Å². The molecule has 1 heterocycles. The summed E-state index contributed by atoms with van der Waals surface area (Å²) in [4.78, 5) is 0. The fourth-order valence-electron chi connectivity index (χ4n) is 1.28. The highest BCUT2D eigenvalue weighted by Crippen LogP contribution is 2.07. The van der Waals surface area contributed by atoms with Gasteiger partial charge in [0.1, 0.15) is 6.10 Å². The van der Waals surface area contributed by atoms with Crippen molar-refractivity contribution in [2.75, 3.05) is 19.8 Å². The number of hydrogen-bond donors (Lipinski definition) is 2. The van der Waals surface area contributed by atoms with Gasteiger partial charge in [0, 0.05) is 25.8 Å². The Hall–Kier alpha value is -0.260. The Morgan fingerprint density at radius 3 is 2.54 bits per heavy atom. The molecule has 0 amide bonds. The van der Waals surface area contributed by atoms with E-state index in [1.165, 1.54) is 0 Å². The Kier molecular flexibility index (Phi) is 4.55. The fraction of sp³-hybridized carbons (Fsp3) is 1.00. The van der Waals surface area contributed by atoms with Crippen molar-refractivity contribution in [2.45, 2.75) is 31.4 Å². The minimum Gasteiger partial charge on any atom is -0.386 e. The molecule has 0 radical (unpaired) electrons. The maximum Gasteiger partial charge on any atom is 0.265 e. The van der Waals surface area contributed by atoms with Crippen LogP contribution in [-0.2, 0) is 4.74 Å². The molecule has 1 saturated heterocycles. The van der Waals surface area contributed by atoms with E-state index in [1.54, 1.807) is 0 Å². The van der Waals surface area contributed by atoms with Crippen LogP contribution in [0.1, 0.15) is 12.8 Å². The first-order valence-corrected chi connectivity index (χ1v) is 4.47. The molecule has 13 heavy (non-hydrogen) atoms. The predicted molar refractivity (Wildman–Crippen MR) is 43.9 cm³/mol. The van der Waals surface area contributed by atoms with Crippen LogP contribution in [0.15, 0.2) is 0 Å². The summed E-state index contributed by atoms with van der Waals surface area (Å²) >= 11 is 0. The third-order valence-electron chi connectivity index (χ3n) is 2.13. The summed E-state index contributed by atoms with van der Waals surface area (Å²) in [5, 5.41) is 11.7. The number of halogens is 2. The topological polar surface area (TPSA) is 41.5 Å². The normalized spacial score (nSPS) is 22.2. The monoisotopic (exact) mass is 195 g/mol. The zero-order valence-corrected chi connectivity index (χ0v) is 7.38. The smallest absolute Gasteiger partial charge is 0.265 e. The van der Waals surface area contributed by atoms with Crippen molar-refractivity contribution < 1.29 is 18.6 Å². The zero-order valence-electron chi connectivity index (χ0n) is 7.38. The van der Waals surface area contributed by atoms with Gasteiger partial charge in [0.2, 0.25) is 0 Å². The molecule has 0 aromatic rings. The van der Waals surface area contributed by atoms with Gasteiger partial charge in [0.25, 0.3) is 6.43 Å². The fourth-order valence-corrected chi connectivity index (χ4v) is 1.28. The van der Waals surface area contributed by atoms with Crippen LogP contribution in [0.25, 0.3) is 0 Å². The van der Waals surface area contributed by atoms with Crippen LogP contribution in [0.3, 0.4) is 0 Å². The predicted octanol–water partition coefficient (Wildman–Crippen LogP) is 0.381. The average Bonchev–Trinajstić information content (AvgIpc) is 2.15. The lowest BCUT2D eigenvalue weighted by molar-refractivity contribution is -0.00775. The Morgan fingerprint density at radius 1 is 1.38 bits per heavy atom. The van der Waals surface area contributed by atoms with Gasteiger partial charge >= 0.3 is 0 Å². The summed E-state index contributed by atoms with van der Waals surface area (Å²) in [5.74, 6) is 0. The van der Waals surface area contributed by atoms with Gasteiger partial charge in [-0.1, -0.05) is 0 Å². The molecule has 5 heteroatoms. The highest BCUT2D eigenvalue weighted by Gasteiger charge is 2.19. The van der Waals surface area contributed by atoms with E-state index in [2.05, 4.69) is 5.32 Å². The molecule has 1 atom stereocenters. The van der Waals surface area contributed by atoms with Crippen molar-refractivity contribution >= 4 is 0 Å². The van der Waals surface area contributed by atoms with Gasteiger partial charge < -0.3 is 15.2 Å². The Bertz CT molecular complexity index is 140. The molecule has 0 spiro atoms. The van der Waals surface area contributed by atoms with Crippen molar-refractivity contribution in [3.8, 4) is 0 Å². The second-order valence-electron chi connectivity index (χ2n) is 3.20. The van der Waals surface area contributed by atoms with Gasteiger partial charge in [-0.15, -0.1) is 0 Å². The lowest BCUT2D eigenvalue weighted by Crippen LogP contribution is -2.41. The van der Waals surface area contributed by atoms with E-state index in [0.29, 0.717) is 13.2 Å². The van der Waals surface area contributed by atoms with E-state index in [4.69, 9.17) is 9.84 Å². The van der Waals surface area contributed by atoms with Crippen LogP contribution in [0.5, 0.6) is 0 Å². The molecule has 0 bridgehead atoms. The molecule has 1 fully saturated rings. The van der Waals surface area contributed by atoms with E-state index < -0.39 is 12.5 Å². The SMILES string of the molecule is OC(CNC1CCOCC1)C(F)F. The number of aliphatic hydroxyl groups excluding tert-OH is 1. The van der Waals surface area contributed by atoms with Gasteiger partial charge in [-0.25, -0.2) is 8.78 Å². The third-order valence-corrected chi connectivity index (χ3v) is 2.13. The van der Waals surface area contributed by atoms with Gasteiger partial charge in [-0.2, -0.15) is 0 Å². The largest absolute Gasteiger partial charge is 0.386 e. The van der Waals surface area contributed by atoms with E-state index >= 15 is 0 Å². The molecule has 0 aromatic carbocycles. The lowest BCUT2D eigenvalue weighted by atomic mass is 10.1. The van der Waals surface area contributed by atoms with E-state index in [-0.39, 0.29) is 12.6 Å². The van der Waals surface area contributed by atoms with E-state index in [0.717, 1.165) is 12.8 Å². The standard InChI is InChI=1S/C8H15F2NO2/c9-8(10)7(12)5-11-6-1-3-13-4-2-6/h6-8,11-12H,1-5H2. The molecule has 0 aliphatic carbocycles. The van der Waals surface area contributed by atoms with Crippen LogP contribution >= 0.6 is 0 Å². The number of hydrogen-bond acceptors (Lipinski definition) is 3. The first-order valence-electron chi connectivity index (χ1n) is 4.47. The number of nitrogens with one attached hydrogen (secondary N) is 1. The average molecular weight is 195 g/mol. The van der Waals surface area contributed by atoms with Crippen molar-refractivity contribution in [1.82, 2.24) is 5.32 Å². The summed E-state index contributed by atoms with van der Waals surface area (Å²) in [6.45, 7) is 1.30. The van der Waals surface area contributed by atoms with Crippen molar-refractivity contribution in [2.24, 2.45) is 0 Å². The van der Waals surface area contributed by atoms with Crippen molar-refractivity contribution in [3.63, 3.8) is 0 Å². The van der Waals surface area contributed by atoms with Crippen LogP contribution in [0, 0.1) is 0 Å². The first-order chi connectivity index (χ1) is 6.20. The molecule has 1 aliphatic heterocycles. The number of alkyl halides is 2. The van der Waals surface area contributed by atoms with Crippen molar-refractivity contribution in [1.29, 1.82) is 0 Å². The molecule has 1 aliphatic rings. The molecule has 0 saturated carbocycles. The van der Waals surface area contributed by atoms with Gasteiger partial charge in [-0.05, 0) is 12.8 Å². The highest BCUT2D eigenvalue weighted by atomic mass is 19.3. The minimum atomic E-state index is -2.66. The summed E-state index contributed by atoms with van der Waals surface area (Å²) in [5.41, 5.74) is 0.